The zero-order valence-electron chi connectivity index (χ0n) is 13.8. The summed E-state index contributed by atoms with van der Waals surface area (Å²) in [5.74, 6) is 0.405. The summed E-state index contributed by atoms with van der Waals surface area (Å²) < 4.78 is 7.08. The number of nitrogens with zero attached hydrogens (tertiary/aromatic N) is 2. The van der Waals surface area contributed by atoms with E-state index < -0.39 is 5.60 Å². The number of hydrogen-bond donors (Lipinski definition) is 3. The van der Waals surface area contributed by atoms with Crippen LogP contribution in [0.3, 0.4) is 0 Å². The van der Waals surface area contributed by atoms with Crippen molar-refractivity contribution in [1.82, 2.24) is 20.2 Å². The zero-order chi connectivity index (χ0) is 17.7. The molecule has 0 aliphatic rings. The molecule has 0 radical (unpaired) electrons. The predicted molar refractivity (Wildman–Crippen MR) is 92.1 cm³/mol. The molecule has 0 spiro atoms. The molecule has 3 N–H and O–H groups in total. The lowest BCUT2D eigenvalue weighted by atomic mass is 10.0. The largest absolute Gasteiger partial charge is 0.466 e. The fourth-order valence-electron chi connectivity index (χ4n) is 2.37. The van der Waals surface area contributed by atoms with Crippen molar-refractivity contribution in [2.24, 2.45) is 0 Å². The summed E-state index contributed by atoms with van der Waals surface area (Å²) in [5.41, 5.74) is 0.713. The van der Waals surface area contributed by atoms with E-state index in [-0.39, 0.29) is 12.6 Å². The molecule has 1 atom stereocenters. The summed E-state index contributed by atoms with van der Waals surface area (Å²) in [6, 6.07) is 10.8. The highest BCUT2D eigenvalue weighted by atomic mass is 16.4. The average Bonchev–Trinajstić information content (AvgIpc) is 3.32. The summed E-state index contributed by atoms with van der Waals surface area (Å²) in [5, 5.41) is 15.7. The van der Waals surface area contributed by atoms with Crippen molar-refractivity contribution in [2.45, 2.75) is 19.1 Å². The van der Waals surface area contributed by atoms with Crippen LogP contribution in [-0.4, -0.2) is 27.2 Å². The Hall–Kier alpha value is -3.06. The molecule has 2 heterocycles. The molecule has 0 saturated carbocycles. The van der Waals surface area contributed by atoms with E-state index >= 15 is 0 Å². The number of carbonyl (C=O) groups is 1. The van der Waals surface area contributed by atoms with E-state index in [1.807, 2.05) is 35.0 Å². The molecule has 1 unspecified atom stereocenters. The molecule has 0 saturated heterocycles. The standard InChI is InChI=1S/C18H20N4O3/c1-18(24,16-3-2-10-25-16)12-21-17(23)20-11-14-4-6-15(7-5-14)22-9-8-19-13-22/h2-10,13,24H,11-12H2,1H3,(H2,20,21,23). The maximum absolute atomic E-state index is 11.9. The van der Waals surface area contributed by atoms with Crippen LogP contribution in [0, 0.1) is 0 Å². The van der Waals surface area contributed by atoms with Gasteiger partial charge in [-0.1, -0.05) is 12.1 Å². The van der Waals surface area contributed by atoms with Crippen LogP contribution in [0.25, 0.3) is 5.69 Å². The van der Waals surface area contributed by atoms with Crippen molar-refractivity contribution in [3.63, 3.8) is 0 Å². The molecule has 0 bridgehead atoms. The second-order valence-electron chi connectivity index (χ2n) is 5.92. The molecule has 7 nitrogen and oxygen atoms in total. The molecule has 130 valence electrons. The minimum Gasteiger partial charge on any atom is -0.466 e. The third kappa shape index (κ3) is 4.27. The first kappa shape index (κ1) is 16.8. The van der Waals surface area contributed by atoms with Crippen LogP contribution in [0.2, 0.25) is 0 Å². The number of aliphatic hydroxyl groups is 1. The van der Waals surface area contributed by atoms with Crippen molar-refractivity contribution in [1.29, 1.82) is 0 Å². The van der Waals surface area contributed by atoms with E-state index in [0.29, 0.717) is 12.3 Å². The number of urea groups is 1. The van der Waals surface area contributed by atoms with E-state index in [1.54, 1.807) is 31.6 Å². The van der Waals surface area contributed by atoms with Gasteiger partial charge in [-0.15, -0.1) is 0 Å². The van der Waals surface area contributed by atoms with Gasteiger partial charge in [-0.25, -0.2) is 9.78 Å². The fraction of sp³-hybridized carbons (Fsp3) is 0.222. The molecular formula is C18H20N4O3. The van der Waals surface area contributed by atoms with Crippen molar-refractivity contribution < 1.29 is 14.3 Å². The summed E-state index contributed by atoms with van der Waals surface area (Å²) in [7, 11) is 0. The van der Waals surface area contributed by atoms with Gasteiger partial charge < -0.3 is 24.7 Å². The molecule has 0 aliphatic carbocycles. The highest BCUT2D eigenvalue weighted by molar-refractivity contribution is 5.73. The van der Waals surface area contributed by atoms with Crippen molar-refractivity contribution in [2.75, 3.05) is 6.54 Å². The van der Waals surface area contributed by atoms with Gasteiger partial charge in [-0.2, -0.15) is 0 Å². The van der Waals surface area contributed by atoms with E-state index in [9.17, 15) is 9.90 Å². The monoisotopic (exact) mass is 340 g/mol. The molecule has 3 aromatic rings. The quantitative estimate of drug-likeness (QED) is 0.641. The molecule has 25 heavy (non-hydrogen) atoms. The van der Waals surface area contributed by atoms with Crippen LogP contribution in [-0.2, 0) is 12.1 Å². The Labute approximate surface area is 145 Å². The Morgan fingerprint density at radius 1 is 1.28 bits per heavy atom. The minimum absolute atomic E-state index is 0.0475. The normalized spacial score (nSPS) is 13.2. The van der Waals surface area contributed by atoms with Crippen LogP contribution in [0.1, 0.15) is 18.2 Å². The summed E-state index contributed by atoms with van der Waals surface area (Å²) >= 11 is 0. The average molecular weight is 340 g/mol. The Bertz CT molecular complexity index is 793. The van der Waals surface area contributed by atoms with Gasteiger partial charge in [0.15, 0.2) is 0 Å². The maximum atomic E-state index is 11.9. The number of benzene rings is 1. The van der Waals surface area contributed by atoms with Gasteiger partial charge >= 0.3 is 6.03 Å². The van der Waals surface area contributed by atoms with Gasteiger partial charge in [-0.3, -0.25) is 0 Å². The second-order valence-corrected chi connectivity index (χ2v) is 5.92. The lowest BCUT2D eigenvalue weighted by molar-refractivity contribution is 0.0367. The van der Waals surface area contributed by atoms with E-state index in [4.69, 9.17) is 4.42 Å². The number of aromatic nitrogens is 2. The van der Waals surface area contributed by atoms with E-state index in [1.165, 1.54) is 6.26 Å². The van der Waals surface area contributed by atoms with Crippen LogP contribution >= 0.6 is 0 Å². The molecule has 7 heteroatoms. The van der Waals surface area contributed by atoms with Crippen LogP contribution in [0.4, 0.5) is 4.79 Å². The first-order valence-corrected chi connectivity index (χ1v) is 7.90. The van der Waals surface area contributed by atoms with Gasteiger partial charge in [0.2, 0.25) is 0 Å². The molecule has 0 aliphatic heterocycles. The van der Waals surface area contributed by atoms with Crippen LogP contribution in [0.5, 0.6) is 0 Å². The Morgan fingerprint density at radius 2 is 2.08 bits per heavy atom. The highest BCUT2D eigenvalue weighted by Crippen LogP contribution is 2.19. The molecule has 1 aromatic carbocycles. The Kier molecular flexibility index (Phi) is 4.85. The van der Waals surface area contributed by atoms with Crippen LogP contribution in [0.15, 0.2) is 65.8 Å². The Morgan fingerprint density at radius 3 is 2.72 bits per heavy atom. The minimum atomic E-state index is -1.26. The number of carbonyl (C=O) groups excluding carboxylic acids is 1. The SMILES string of the molecule is CC(O)(CNC(=O)NCc1ccc(-n2ccnc2)cc1)c1ccco1. The lowest BCUT2D eigenvalue weighted by Crippen LogP contribution is -2.43. The summed E-state index contributed by atoms with van der Waals surface area (Å²) in [6.45, 7) is 2.02. The molecule has 2 aromatic heterocycles. The maximum Gasteiger partial charge on any atom is 0.315 e. The van der Waals surface area contributed by atoms with Gasteiger partial charge in [0.05, 0.1) is 19.1 Å². The van der Waals surface area contributed by atoms with Gasteiger partial charge in [-0.05, 0) is 36.8 Å². The third-order valence-corrected chi connectivity index (χ3v) is 3.84. The molecule has 2 amide bonds. The molecule has 0 fully saturated rings. The number of nitrogens with one attached hydrogen (secondary N) is 2. The first-order chi connectivity index (χ1) is 12.0. The predicted octanol–water partition coefficient (Wildman–Crippen LogP) is 2.17. The van der Waals surface area contributed by atoms with E-state index in [2.05, 4.69) is 15.6 Å². The number of rotatable bonds is 6. The number of amides is 2. The summed E-state index contributed by atoms with van der Waals surface area (Å²) in [4.78, 5) is 15.9. The van der Waals surface area contributed by atoms with Crippen molar-refractivity contribution in [3.8, 4) is 5.69 Å². The van der Waals surface area contributed by atoms with Gasteiger partial charge in [0.25, 0.3) is 0 Å². The topological polar surface area (TPSA) is 92.3 Å². The number of furan rings is 1. The molecule has 3 rings (SSSR count). The fourth-order valence-corrected chi connectivity index (χ4v) is 2.37. The van der Waals surface area contributed by atoms with Crippen LogP contribution < -0.4 is 10.6 Å². The number of hydrogen-bond acceptors (Lipinski definition) is 4. The van der Waals surface area contributed by atoms with E-state index in [0.717, 1.165) is 11.3 Å². The third-order valence-electron chi connectivity index (χ3n) is 3.84. The zero-order valence-corrected chi connectivity index (χ0v) is 13.8. The lowest BCUT2D eigenvalue weighted by Gasteiger charge is -2.21. The first-order valence-electron chi connectivity index (χ1n) is 7.90. The summed E-state index contributed by atoms with van der Waals surface area (Å²) in [6.07, 6.45) is 6.80. The second kappa shape index (κ2) is 7.23. The number of imidazole rings is 1. The molecular weight excluding hydrogens is 320 g/mol. The highest BCUT2D eigenvalue weighted by Gasteiger charge is 2.26. The Balaban J connectivity index is 1.47. The smallest absolute Gasteiger partial charge is 0.315 e. The van der Waals surface area contributed by atoms with Gasteiger partial charge in [0, 0.05) is 24.6 Å². The van der Waals surface area contributed by atoms with Crippen molar-refractivity contribution >= 4 is 6.03 Å². The van der Waals surface area contributed by atoms with Gasteiger partial charge in [0.1, 0.15) is 11.4 Å². The van der Waals surface area contributed by atoms with Crippen molar-refractivity contribution in [3.05, 3.63) is 72.7 Å².